The van der Waals surface area contributed by atoms with Crippen LogP contribution in [0.4, 0.5) is 0 Å². The molecule has 1 fully saturated rings. The molecule has 1 unspecified atom stereocenters. The lowest BCUT2D eigenvalue weighted by atomic mass is 9.96. The van der Waals surface area contributed by atoms with Gasteiger partial charge in [0, 0.05) is 11.6 Å². The van der Waals surface area contributed by atoms with Gasteiger partial charge < -0.3 is 10.3 Å². The number of rotatable bonds is 3. The lowest BCUT2D eigenvalue weighted by molar-refractivity contribution is 0.385. The van der Waals surface area contributed by atoms with E-state index < -0.39 is 0 Å². The molecule has 2 aromatic rings. The Labute approximate surface area is 112 Å². The van der Waals surface area contributed by atoms with E-state index in [-0.39, 0.29) is 5.54 Å². The Balaban J connectivity index is 2.22. The van der Waals surface area contributed by atoms with Crippen molar-refractivity contribution < 1.29 is 0 Å². The van der Waals surface area contributed by atoms with Gasteiger partial charge in [-0.15, -0.1) is 0 Å². The Morgan fingerprint density at radius 1 is 1.50 bits per heavy atom. The molecule has 1 aromatic heterocycles. The number of fused-ring (bicyclic) bond motifs is 1. The van der Waals surface area contributed by atoms with E-state index in [0.717, 1.165) is 28.4 Å². The molecule has 2 N–H and O–H groups in total. The minimum absolute atomic E-state index is 0.332. The van der Waals surface area contributed by atoms with Gasteiger partial charge in [-0.05, 0) is 50.8 Å². The first kappa shape index (κ1) is 12.0. The van der Waals surface area contributed by atoms with Gasteiger partial charge in [0.2, 0.25) is 0 Å². The van der Waals surface area contributed by atoms with E-state index in [4.69, 9.17) is 22.3 Å². The molecule has 0 saturated heterocycles. The zero-order chi connectivity index (χ0) is 12.9. The fourth-order valence-corrected chi connectivity index (χ4v) is 2.87. The number of nitrogens with two attached hydrogens (primary N) is 1. The molecular weight excluding hydrogens is 246 g/mol. The quantitative estimate of drug-likeness (QED) is 0.923. The second-order valence-electron chi connectivity index (χ2n) is 5.37. The van der Waals surface area contributed by atoms with Gasteiger partial charge in [0.25, 0.3) is 0 Å². The molecule has 18 heavy (non-hydrogen) atoms. The molecule has 1 aromatic carbocycles. The topological polar surface area (TPSA) is 43.8 Å². The number of benzene rings is 1. The Morgan fingerprint density at radius 2 is 2.22 bits per heavy atom. The van der Waals surface area contributed by atoms with Crippen LogP contribution in [-0.4, -0.2) is 9.55 Å². The molecule has 96 valence electrons. The number of halogens is 1. The summed E-state index contributed by atoms with van der Waals surface area (Å²) < 4.78 is 2.21. The highest BCUT2D eigenvalue weighted by atomic mass is 35.5. The van der Waals surface area contributed by atoms with E-state index >= 15 is 0 Å². The van der Waals surface area contributed by atoms with Gasteiger partial charge in [-0.25, -0.2) is 4.98 Å². The van der Waals surface area contributed by atoms with Crippen LogP contribution in [-0.2, 0) is 12.1 Å². The number of aryl methyl sites for hydroxylation is 1. The lowest BCUT2D eigenvalue weighted by Gasteiger charge is -2.24. The molecule has 3 nitrogen and oxygen atoms in total. The molecule has 0 aliphatic heterocycles. The standard InChI is InChI=1S/C14H18ClN3/c1-3-18-12-7-6-10(15)8-11(12)17-13(18)14(2,16)9-4-5-9/h6-9H,3-5,16H2,1-2H3. The highest BCUT2D eigenvalue weighted by Gasteiger charge is 2.42. The minimum atomic E-state index is -0.332. The molecule has 4 heteroatoms. The summed E-state index contributed by atoms with van der Waals surface area (Å²) in [6.45, 7) is 5.11. The smallest absolute Gasteiger partial charge is 0.130 e. The summed E-state index contributed by atoms with van der Waals surface area (Å²) in [6.07, 6.45) is 2.42. The SMILES string of the molecule is CCn1c(C(C)(N)C2CC2)nc2cc(Cl)ccc21. The van der Waals surface area contributed by atoms with Crippen LogP contribution in [0.2, 0.25) is 5.02 Å². The van der Waals surface area contributed by atoms with Crippen LogP contribution in [0, 0.1) is 5.92 Å². The van der Waals surface area contributed by atoms with E-state index in [1.807, 2.05) is 18.2 Å². The predicted molar refractivity (Wildman–Crippen MR) is 74.7 cm³/mol. The van der Waals surface area contributed by atoms with Crippen LogP contribution < -0.4 is 5.73 Å². The van der Waals surface area contributed by atoms with E-state index in [1.165, 1.54) is 12.8 Å². The summed E-state index contributed by atoms with van der Waals surface area (Å²) in [7, 11) is 0. The van der Waals surface area contributed by atoms with Gasteiger partial charge in [0.05, 0.1) is 16.6 Å². The zero-order valence-corrected chi connectivity index (χ0v) is 11.5. The third-order valence-electron chi connectivity index (χ3n) is 3.93. The average molecular weight is 264 g/mol. The second-order valence-corrected chi connectivity index (χ2v) is 5.81. The van der Waals surface area contributed by atoms with Crippen molar-refractivity contribution in [3.8, 4) is 0 Å². The summed E-state index contributed by atoms with van der Waals surface area (Å²) in [4.78, 5) is 4.73. The van der Waals surface area contributed by atoms with Crippen LogP contribution in [0.25, 0.3) is 11.0 Å². The monoisotopic (exact) mass is 263 g/mol. The molecule has 0 radical (unpaired) electrons. The van der Waals surface area contributed by atoms with Crippen molar-refractivity contribution in [1.29, 1.82) is 0 Å². The summed E-state index contributed by atoms with van der Waals surface area (Å²) >= 11 is 6.03. The summed E-state index contributed by atoms with van der Waals surface area (Å²) in [5.74, 6) is 1.56. The van der Waals surface area contributed by atoms with Gasteiger partial charge in [-0.1, -0.05) is 11.6 Å². The molecule has 1 atom stereocenters. The second kappa shape index (κ2) is 3.97. The van der Waals surface area contributed by atoms with Crippen molar-refractivity contribution in [2.75, 3.05) is 0 Å². The first-order chi connectivity index (χ1) is 8.54. The summed E-state index contributed by atoms with van der Waals surface area (Å²) in [6, 6.07) is 5.85. The first-order valence-electron chi connectivity index (χ1n) is 6.49. The number of hydrogen-bond donors (Lipinski definition) is 1. The highest BCUT2D eigenvalue weighted by molar-refractivity contribution is 6.31. The van der Waals surface area contributed by atoms with E-state index in [9.17, 15) is 0 Å². The number of aromatic nitrogens is 2. The normalized spacial score (nSPS) is 19.1. The van der Waals surface area contributed by atoms with Crippen molar-refractivity contribution in [3.05, 3.63) is 29.0 Å². The Kier molecular flexibility index (Phi) is 2.65. The van der Waals surface area contributed by atoms with E-state index in [0.29, 0.717) is 5.92 Å². The third-order valence-corrected chi connectivity index (χ3v) is 4.17. The maximum absolute atomic E-state index is 6.51. The average Bonchev–Trinajstić information content (AvgIpc) is 3.11. The zero-order valence-electron chi connectivity index (χ0n) is 10.8. The van der Waals surface area contributed by atoms with Crippen molar-refractivity contribution in [1.82, 2.24) is 9.55 Å². The van der Waals surface area contributed by atoms with E-state index in [2.05, 4.69) is 18.4 Å². The molecule has 0 spiro atoms. The summed E-state index contributed by atoms with van der Waals surface area (Å²) in [5.41, 5.74) is 8.23. The number of nitrogens with zero attached hydrogens (tertiary/aromatic N) is 2. The Hall–Kier alpha value is -1.06. The molecular formula is C14H18ClN3. The van der Waals surface area contributed by atoms with Crippen LogP contribution in [0.5, 0.6) is 0 Å². The van der Waals surface area contributed by atoms with Crippen LogP contribution in [0.3, 0.4) is 0 Å². The molecule has 1 heterocycles. The largest absolute Gasteiger partial charge is 0.327 e. The maximum Gasteiger partial charge on any atom is 0.130 e. The Bertz CT molecular complexity index is 596. The molecule has 1 aliphatic rings. The highest BCUT2D eigenvalue weighted by Crippen LogP contribution is 2.44. The van der Waals surface area contributed by atoms with Crippen molar-refractivity contribution in [2.24, 2.45) is 11.7 Å². The first-order valence-corrected chi connectivity index (χ1v) is 6.87. The molecule has 0 amide bonds. The Morgan fingerprint density at radius 3 is 2.83 bits per heavy atom. The third kappa shape index (κ3) is 1.73. The fourth-order valence-electron chi connectivity index (χ4n) is 2.70. The number of hydrogen-bond acceptors (Lipinski definition) is 2. The van der Waals surface area contributed by atoms with Gasteiger partial charge in [-0.3, -0.25) is 0 Å². The predicted octanol–water partition coefficient (Wildman–Crippen LogP) is 3.29. The minimum Gasteiger partial charge on any atom is -0.327 e. The van der Waals surface area contributed by atoms with Gasteiger partial charge in [0.1, 0.15) is 5.82 Å². The summed E-state index contributed by atoms with van der Waals surface area (Å²) in [5, 5.41) is 0.722. The van der Waals surface area contributed by atoms with E-state index in [1.54, 1.807) is 0 Å². The fraction of sp³-hybridized carbons (Fsp3) is 0.500. The van der Waals surface area contributed by atoms with Gasteiger partial charge >= 0.3 is 0 Å². The number of imidazole rings is 1. The molecule has 0 bridgehead atoms. The molecule has 1 aliphatic carbocycles. The van der Waals surface area contributed by atoms with Crippen molar-refractivity contribution in [2.45, 2.75) is 38.8 Å². The van der Waals surface area contributed by atoms with Gasteiger partial charge in [0.15, 0.2) is 0 Å². The van der Waals surface area contributed by atoms with Crippen LogP contribution >= 0.6 is 11.6 Å². The lowest BCUT2D eigenvalue weighted by Crippen LogP contribution is -2.38. The van der Waals surface area contributed by atoms with Crippen molar-refractivity contribution in [3.63, 3.8) is 0 Å². The van der Waals surface area contributed by atoms with Crippen LogP contribution in [0.1, 0.15) is 32.5 Å². The van der Waals surface area contributed by atoms with Crippen LogP contribution in [0.15, 0.2) is 18.2 Å². The van der Waals surface area contributed by atoms with Crippen molar-refractivity contribution >= 4 is 22.6 Å². The maximum atomic E-state index is 6.51. The van der Waals surface area contributed by atoms with Gasteiger partial charge in [-0.2, -0.15) is 0 Å². The molecule has 1 saturated carbocycles. The molecule has 3 rings (SSSR count).